The lowest BCUT2D eigenvalue weighted by molar-refractivity contribution is -0.127. The normalized spacial score (nSPS) is 16.3. The van der Waals surface area contributed by atoms with Crippen molar-refractivity contribution in [3.05, 3.63) is 29.8 Å². The van der Waals surface area contributed by atoms with Crippen LogP contribution in [0.4, 0.5) is 0 Å². The second-order valence-electron chi connectivity index (χ2n) is 5.89. The van der Waals surface area contributed by atoms with Crippen LogP contribution in [0.3, 0.4) is 0 Å². The molecule has 0 aliphatic heterocycles. The summed E-state index contributed by atoms with van der Waals surface area (Å²) >= 11 is 0. The van der Waals surface area contributed by atoms with Crippen molar-refractivity contribution in [2.24, 2.45) is 5.73 Å². The van der Waals surface area contributed by atoms with Gasteiger partial charge in [0, 0.05) is 13.7 Å². The van der Waals surface area contributed by atoms with Gasteiger partial charge in [0.25, 0.3) is 0 Å². The number of rotatable bonds is 7. The molecule has 0 atom stereocenters. The van der Waals surface area contributed by atoms with Gasteiger partial charge in [-0.25, -0.2) is 0 Å². The molecule has 0 aromatic heterocycles. The molecule has 0 saturated heterocycles. The first-order chi connectivity index (χ1) is 10.6. The molecule has 5 nitrogen and oxygen atoms in total. The molecule has 0 spiro atoms. The Bertz CT molecular complexity index is 490. The average molecular weight is 343 g/mol. The van der Waals surface area contributed by atoms with Crippen molar-refractivity contribution in [3.63, 3.8) is 0 Å². The maximum absolute atomic E-state index is 12.3. The molecule has 6 heteroatoms. The highest BCUT2D eigenvalue weighted by molar-refractivity contribution is 5.86. The first-order valence-electron chi connectivity index (χ1n) is 7.92. The van der Waals surface area contributed by atoms with E-state index in [1.54, 1.807) is 7.11 Å². The van der Waals surface area contributed by atoms with Gasteiger partial charge in [-0.1, -0.05) is 31.4 Å². The topological polar surface area (TPSA) is 73.6 Å². The van der Waals surface area contributed by atoms with Gasteiger partial charge >= 0.3 is 0 Å². The van der Waals surface area contributed by atoms with Crippen molar-refractivity contribution in [2.75, 3.05) is 20.3 Å². The number of halogens is 1. The van der Waals surface area contributed by atoms with Gasteiger partial charge in [-0.3, -0.25) is 4.79 Å². The van der Waals surface area contributed by atoms with Crippen molar-refractivity contribution < 1.29 is 14.3 Å². The van der Waals surface area contributed by atoms with Gasteiger partial charge in [-0.15, -0.1) is 12.4 Å². The molecule has 1 aliphatic rings. The molecule has 23 heavy (non-hydrogen) atoms. The Labute approximate surface area is 144 Å². The molecule has 1 saturated carbocycles. The number of nitrogens with one attached hydrogen (secondary N) is 1. The molecule has 0 bridgehead atoms. The van der Waals surface area contributed by atoms with E-state index in [9.17, 15) is 4.79 Å². The van der Waals surface area contributed by atoms with E-state index in [0.717, 1.165) is 37.0 Å². The van der Waals surface area contributed by atoms with Crippen molar-refractivity contribution in [2.45, 2.75) is 44.2 Å². The molecular formula is C17H27ClN2O3. The minimum atomic E-state index is -0.690. The number of hydrogen-bond donors (Lipinski definition) is 2. The summed E-state index contributed by atoms with van der Waals surface area (Å²) in [5.74, 6) is 0.738. The Morgan fingerprint density at radius 2 is 2.00 bits per heavy atom. The van der Waals surface area contributed by atoms with Gasteiger partial charge in [-0.2, -0.15) is 0 Å². The first-order valence-corrected chi connectivity index (χ1v) is 7.92. The van der Waals surface area contributed by atoms with Crippen LogP contribution in [-0.2, 0) is 16.1 Å². The van der Waals surface area contributed by atoms with Crippen LogP contribution in [0.15, 0.2) is 24.3 Å². The molecule has 1 fully saturated rings. The number of nitrogens with two attached hydrogens (primary N) is 1. The third-order valence-corrected chi connectivity index (χ3v) is 4.11. The van der Waals surface area contributed by atoms with Crippen LogP contribution in [0.2, 0.25) is 0 Å². The summed E-state index contributed by atoms with van der Waals surface area (Å²) in [5.41, 5.74) is 6.54. The molecule has 2 rings (SSSR count). The molecule has 0 heterocycles. The molecule has 1 amide bonds. The first kappa shape index (κ1) is 19.7. The quantitative estimate of drug-likeness (QED) is 0.746. The number of ether oxygens (including phenoxy) is 2. The average Bonchev–Trinajstić information content (AvgIpc) is 2.54. The van der Waals surface area contributed by atoms with Crippen molar-refractivity contribution in [1.82, 2.24) is 5.32 Å². The zero-order valence-electron chi connectivity index (χ0n) is 13.7. The maximum Gasteiger partial charge on any atom is 0.240 e. The summed E-state index contributed by atoms with van der Waals surface area (Å²) in [5, 5.41) is 2.96. The highest BCUT2D eigenvalue weighted by Crippen LogP contribution is 2.26. The van der Waals surface area contributed by atoms with E-state index < -0.39 is 5.54 Å². The largest absolute Gasteiger partial charge is 0.491 e. The van der Waals surface area contributed by atoms with Gasteiger partial charge in [0.15, 0.2) is 0 Å². The van der Waals surface area contributed by atoms with Crippen molar-refractivity contribution in [1.29, 1.82) is 0 Å². The fraction of sp³-hybridized carbons (Fsp3) is 0.588. The van der Waals surface area contributed by atoms with E-state index in [4.69, 9.17) is 15.2 Å². The molecule has 3 N–H and O–H groups in total. The maximum atomic E-state index is 12.3. The third kappa shape index (κ3) is 6.01. The number of carbonyl (C=O) groups excluding carboxylic acids is 1. The van der Waals surface area contributed by atoms with Gasteiger partial charge in [0.05, 0.1) is 12.1 Å². The minimum Gasteiger partial charge on any atom is -0.491 e. The Balaban J connectivity index is 0.00000264. The molecule has 130 valence electrons. The predicted octanol–water partition coefficient (Wildman–Crippen LogP) is 2.41. The van der Waals surface area contributed by atoms with E-state index in [0.29, 0.717) is 19.8 Å². The van der Waals surface area contributed by atoms with Crippen molar-refractivity contribution in [3.8, 4) is 5.75 Å². The number of amides is 1. The van der Waals surface area contributed by atoms with Gasteiger partial charge in [0.2, 0.25) is 5.91 Å². The number of hydrogen-bond acceptors (Lipinski definition) is 4. The summed E-state index contributed by atoms with van der Waals surface area (Å²) in [6.07, 6.45) is 4.80. The number of carbonyl (C=O) groups is 1. The van der Waals surface area contributed by atoms with Crippen LogP contribution in [-0.4, -0.2) is 31.8 Å². The minimum absolute atomic E-state index is 0. The van der Waals surface area contributed by atoms with Gasteiger partial charge < -0.3 is 20.5 Å². The van der Waals surface area contributed by atoms with Crippen LogP contribution in [0, 0.1) is 0 Å². The van der Waals surface area contributed by atoms with E-state index in [2.05, 4.69) is 5.32 Å². The molecular weight excluding hydrogens is 316 g/mol. The summed E-state index contributed by atoms with van der Waals surface area (Å²) in [6, 6.07) is 7.71. The lowest BCUT2D eigenvalue weighted by atomic mass is 9.82. The highest BCUT2D eigenvalue weighted by Gasteiger charge is 2.34. The summed E-state index contributed by atoms with van der Waals surface area (Å²) in [4.78, 5) is 12.3. The summed E-state index contributed by atoms with van der Waals surface area (Å²) < 4.78 is 10.5. The number of benzene rings is 1. The molecule has 0 radical (unpaired) electrons. The Morgan fingerprint density at radius 3 is 2.70 bits per heavy atom. The molecule has 0 unspecified atom stereocenters. The van der Waals surface area contributed by atoms with E-state index in [-0.39, 0.29) is 18.3 Å². The third-order valence-electron chi connectivity index (χ3n) is 4.11. The van der Waals surface area contributed by atoms with Crippen LogP contribution in [0.1, 0.15) is 37.7 Å². The molecule has 1 aromatic rings. The zero-order chi connectivity index (χ0) is 15.8. The van der Waals surface area contributed by atoms with Crippen LogP contribution >= 0.6 is 12.4 Å². The monoisotopic (exact) mass is 342 g/mol. The Hall–Kier alpha value is -1.30. The van der Waals surface area contributed by atoms with Gasteiger partial charge in [-0.05, 0) is 30.5 Å². The molecule has 1 aliphatic carbocycles. The Kier molecular flexibility index (Phi) is 8.37. The van der Waals surface area contributed by atoms with E-state index in [1.807, 2.05) is 24.3 Å². The lowest BCUT2D eigenvalue weighted by Crippen LogP contribution is -2.54. The fourth-order valence-corrected chi connectivity index (χ4v) is 2.76. The second-order valence-corrected chi connectivity index (χ2v) is 5.89. The standard InChI is InChI=1S/C17H26N2O3.ClH/c1-21-10-11-22-15-7-5-6-14(12-15)13-19-16(20)17(18)8-3-2-4-9-17;/h5-7,12H,2-4,8-11,13,18H2,1H3,(H,19,20);1H. The Morgan fingerprint density at radius 1 is 1.26 bits per heavy atom. The summed E-state index contributed by atoms with van der Waals surface area (Å²) in [6.45, 7) is 1.54. The van der Waals surface area contributed by atoms with Crippen LogP contribution in [0.5, 0.6) is 5.75 Å². The summed E-state index contributed by atoms with van der Waals surface area (Å²) in [7, 11) is 1.64. The lowest BCUT2D eigenvalue weighted by Gasteiger charge is -2.31. The van der Waals surface area contributed by atoms with Crippen LogP contribution in [0.25, 0.3) is 0 Å². The highest BCUT2D eigenvalue weighted by atomic mass is 35.5. The van der Waals surface area contributed by atoms with Crippen molar-refractivity contribution >= 4 is 18.3 Å². The van der Waals surface area contributed by atoms with E-state index >= 15 is 0 Å². The second kappa shape index (κ2) is 9.75. The fourth-order valence-electron chi connectivity index (χ4n) is 2.76. The smallest absolute Gasteiger partial charge is 0.240 e. The zero-order valence-corrected chi connectivity index (χ0v) is 14.5. The van der Waals surface area contributed by atoms with Gasteiger partial charge in [0.1, 0.15) is 12.4 Å². The van der Waals surface area contributed by atoms with Crippen LogP contribution < -0.4 is 15.8 Å². The number of methoxy groups -OCH3 is 1. The SMILES string of the molecule is COCCOc1cccc(CNC(=O)C2(N)CCCCC2)c1.Cl. The molecule has 1 aromatic carbocycles. The van der Waals surface area contributed by atoms with E-state index in [1.165, 1.54) is 6.42 Å². The predicted molar refractivity (Wildman–Crippen MR) is 92.9 cm³/mol.